The minimum atomic E-state index is -0.371. The minimum absolute atomic E-state index is 0.0164. The van der Waals surface area contributed by atoms with Crippen molar-refractivity contribution in [3.8, 4) is 0 Å². The van der Waals surface area contributed by atoms with Crippen molar-refractivity contribution >= 4 is 24.6 Å². The van der Waals surface area contributed by atoms with Gasteiger partial charge in [-0.1, -0.05) is 6.42 Å². The maximum absolute atomic E-state index is 11.1. The molecule has 66 valence electrons. The second-order valence-electron chi connectivity index (χ2n) is 3.37. The summed E-state index contributed by atoms with van der Waals surface area (Å²) in [5, 5.41) is 0.0164. The number of cyclic esters (lactones) is 2. The molecule has 3 unspecified atom stereocenters. The van der Waals surface area contributed by atoms with Crippen LogP contribution in [-0.4, -0.2) is 17.2 Å². The first kappa shape index (κ1) is 8.10. The fourth-order valence-electron chi connectivity index (χ4n) is 2.00. The zero-order valence-corrected chi connectivity index (χ0v) is 7.42. The molecule has 12 heavy (non-hydrogen) atoms. The number of hydrogen-bond acceptors (Lipinski definition) is 4. The van der Waals surface area contributed by atoms with Crippen molar-refractivity contribution in [2.24, 2.45) is 11.8 Å². The number of carbonyl (C=O) groups excluding carboxylic acids is 2. The third kappa shape index (κ3) is 1.05. The molecule has 1 aliphatic carbocycles. The van der Waals surface area contributed by atoms with E-state index >= 15 is 0 Å². The largest absolute Gasteiger partial charge is 0.393 e. The van der Waals surface area contributed by atoms with Gasteiger partial charge in [0.25, 0.3) is 0 Å². The van der Waals surface area contributed by atoms with E-state index in [2.05, 4.69) is 17.4 Å². The zero-order chi connectivity index (χ0) is 8.72. The molecule has 0 bridgehead atoms. The van der Waals surface area contributed by atoms with Crippen LogP contribution in [0.25, 0.3) is 0 Å². The molecule has 2 rings (SSSR count). The second-order valence-corrected chi connectivity index (χ2v) is 4.03. The van der Waals surface area contributed by atoms with E-state index in [9.17, 15) is 9.59 Å². The highest BCUT2D eigenvalue weighted by atomic mass is 32.1. The molecule has 0 spiro atoms. The summed E-state index contributed by atoms with van der Waals surface area (Å²) in [6.07, 6.45) is 2.66. The van der Waals surface area contributed by atoms with Crippen molar-refractivity contribution in [3.05, 3.63) is 0 Å². The molecule has 0 aromatic rings. The summed E-state index contributed by atoms with van der Waals surface area (Å²) in [5.74, 6) is -1.18. The Balaban J connectivity index is 2.24. The van der Waals surface area contributed by atoms with Crippen molar-refractivity contribution in [3.63, 3.8) is 0 Å². The van der Waals surface area contributed by atoms with Gasteiger partial charge in [-0.3, -0.25) is 9.59 Å². The van der Waals surface area contributed by atoms with Gasteiger partial charge in [-0.25, -0.2) is 0 Å². The van der Waals surface area contributed by atoms with E-state index in [1.807, 2.05) is 0 Å². The van der Waals surface area contributed by atoms with Gasteiger partial charge in [0.1, 0.15) is 0 Å². The van der Waals surface area contributed by atoms with Crippen molar-refractivity contribution in [1.82, 2.24) is 0 Å². The first-order valence-corrected chi connectivity index (χ1v) is 4.65. The van der Waals surface area contributed by atoms with E-state index in [0.717, 1.165) is 19.3 Å². The Kier molecular flexibility index (Phi) is 1.87. The number of hydrogen-bond donors (Lipinski definition) is 1. The molecular formula is C8H10O3S. The molecule has 1 aliphatic heterocycles. The maximum Gasteiger partial charge on any atom is 0.318 e. The Morgan fingerprint density at radius 1 is 1.25 bits per heavy atom. The molecule has 3 nitrogen and oxygen atoms in total. The molecule has 0 radical (unpaired) electrons. The number of esters is 2. The molecule has 1 saturated heterocycles. The van der Waals surface area contributed by atoms with Crippen molar-refractivity contribution in [2.45, 2.75) is 24.5 Å². The Labute approximate surface area is 75.9 Å². The van der Waals surface area contributed by atoms with E-state index in [-0.39, 0.29) is 29.0 Å². The molecule has 0 N–H and O–H groups in total. The summed E-state index contributed by atoms with van der Waals surface area (Å²) in [4.78, 5) is 22.2. The van der Waals surface area contributed by atoms with Crippen molar-refractivity contribution in [2.75, 3.05) is 0 Å². The Hall–Kier alpha value is -0.510. The molecule has 4 heteroatoms. The number of fused-ring (bicyclic) bond motifs is 1. The van der Waals surface area contributed by atoms with Gasteiger partial charge in [0.15, 0.2) is 0 Å². The van der Waals surface area contributed by atoms with Gasteiger partial charge in [-0.2, -0.15) is 12.6 Å². The number of rotatable bonds is 0. The zero-order valence-electron chi connectivity index (χ0n) is 6.53. The first-order chi connectivity index (χ1) is 5.70. The van der Waals surface area contributed by atoms with E-state index in [0.29, 0.717) is 0 Å². The normalized spacial score (nSPS) is 40.9. The molecular weight excluding hydrogens is 176 g/mol. The fraction of sp³-hybridized carbons (Fsp3) is 0.750. The molecule has 0 aromatic heterocycles. The number of carbonyl (C=O) groups is 2. The Bertz CT molecular complexity index is 238. The fourth-order valence-corrected chi connectivity index (χ4v) is 2.51. The quantitative estimate of drug-likeness (QED) is 0.345. The molecule has 1 heterocycles. The van der Waals surface area contributed by atoms with Crippen LogP contribution in [0.1, 0.15) is 19.3 Å². The number of ether oxygens (including phenoxy) is 1. The third-order valence-electron chi connectivity index (χ3n) is 2.64. The van der Waals surface area contributed by atoms with Gasteiger partial charge in [0.2, 0.25) is 0 Å². The van der Waals surface area contributed by atoms with Crippen LogP contribution in [-0.2, 0) is 14.3 Å². The van der Waals surface area contributed by atoms with Gasteiger partial charge >= 0.3 is 11.9 Å². The molecule has 2 aliphatic rings. The predicted octanol–water partition coefficient (Wildman–Crippen LogP) is 0.784. The van der Waals surface area contributed by atoms with Crippen molar-refractivity contribution < 1.29 is 14.3 Å². The Morgan fingerprint density at radius 2 is 2.00 bits per heavy atom. The summed E-state index contributed by atoms with van der Waals surface area (Å²) in [7, 11) is 0. The van der Waals surface area contributed by atoms with Gasteiger partial charge in [-0.15, -0.1) is 0 Å². The average Bonchev–Trinajstić information content (AvgIpc) is 2.29. The van der Waals surface area contributed by atoms with Gasteiger partial charge in [0, 0.05) is 5.25 Å². The van der Waals surface area contributed by atoms with Gasteiger partial charge in [0.05, 0.1) is 11.8 Å². The summed E-state index contributed by atoms with van der Waals surface area (Å²) in [6.45, 7) is 0. The number of thiol groups is 1. The lowest BCUT2D eigenvalue weighted by Gasteiger charge is -2.24. The Morgan fingerprint density at radius 3 is 2.67 bits per heavy atom. The summed E-state index contributed by atoms with van der Waals surface area (Å²) >= 11 is 4.28. The van der Waals surface area contributed by atoms with Crippen LogP contribution < -0.4 is 0 Å². The molecule has 2 fully saturated rings. The average molecular weight is 186 g/mol. The highest BCUT2D eigenvalue weighted by Gasteiger charge is 2.48. The standard InChI is InChI=1S/C8H10O3S/c9-7-4-2-1-3-5(12)6(4)8(10)11-7/h4-6,12H,1-3H2. The SMILES string of the molecule is O=C1OC(=O)C2C(S)CCCC12. The lowest BCUT2D eigenvalue weighted by Crippen LogP contribution is -2.31. The summed E-state index contributed by atoms with van der Waals surface area (Å²) in [5.41, 5.74) is 0. The summed E-state index contributed by atoms with van der Waals surface area (Å²) < 4.78 is 4.55. The highest BCUT2D eigenvalue weighted by molar-refractivity contribution is 7.81. The van der Waals surface area contributed by atoms with Crippen LogP contribution in [0.15, 0.2) is 0 Å². The second kappa shape index (κ2) is 2.76. The van der Waals surface area contributed by atoms with Gasteiger partial charge in [-0.05, 0) is 12.8 Å². The third-order valence-corrected chi connectivity index (χ3v) is 3.22. The van der Waals surface area contributed by atoms with E-state index < -0.39 is 0 Å². The molecule has 1 saturated carbocycles. The minimum Gasteiger partial charge on any atom is -0.393 e. The summed E-state index contributed by atoms with van der Waals surface area (Å²) in [6, 6.07) is 0. The molecule has 3 atom stereocenters. The van der Waals surface area contributed by atoms with E-state index in [1.54, 1.807) is 0 Å². The van der Waals surface area contributed by atoms with E-state index in [4.69, 9.17) is 0 Å². The van der Waals surface area contributed by atoms with Crippen LogP contribution >= 0.6 is 12.6 Å². The smallest absolute Gasteiger partial charge is 0.318 e. The monoisotopic (exact) mass is 186 g/mol. The lowest BCUT2D eigenvalue weighted by molar-refractivity contribution is -0.153. The van der Waals surface area contributed by atoms with Crippen LogP contribution in [0.4, 0.5) is 0 Å². The highest BCUT2D eigenvalue weighted by Crippen LogP contribution is 2.38. The first-order valence-electron chi connectivity index (χ1n) is 4.14. The van der Waals surface area contributed by atoms with Crippen LogP contribution in [0.2, 0.25) is 0 Å². The van der Waals surface area contributed by atoms with E-state index in [1.165, 1.54) is 0 Å². The van der Waals surface area contributed by atoms with Crippen molar-refractivity contribution in [1.29, 1.82) is 0 Å². The predicted molar refractivity (Wildman–Crippen MR) is 44.7 cm³/mol. The van der Waals surface area contributed by atoms with Crippen LogP contribution in [0, 0.1) is 11.8 Å². The van der Waals surface area contributed by atoms with Crippen LogP contribution in [0.5, 0.6) is 0 Å². The lowest BCUT2D eigenvalue weighted by atomic mass is 9.80. The maximum atomic E-state index is 11.1. The molecule has 0 amide bonds. The van der Waals surface area contributed by atoms with Crippen LogP contribution in [0.3, 0.4) is 0 Å². The molecule has 0 aromatic carbocycles. The topological polar surface area (TPSA) is 43.4 Å². The van der Waals surface area contributed by atoms with Gasteiger partial charge < -0.3 is 4.74 Å².